The van der Waals surface area contributed by atoms with Gasteiger partial charge in [0.2, 0.25) is 5.88 Å². The highest BCUT2D eigenvalue weighted by Crippen LogP contribution is 2.19. The second-order valence-corrected chi connectivity index (χ2v) is 4.46. The van der Waals surface area contributed by atoms with Crippen LogP contribution in [0, 0.1) is 0 Å². The molecule has 1 amide bonds. The minimum atomic E-state index is -0.243. The lowest BCUT2D eigenvalue weighted by molar-refractivity contribution is 0.102. The molecule has 1 aromatic heterocycles. The van der Waals surface area contributed by atoms with Crippen LogP contribution in [0.3, 0.4) is 0 Å². The molecule has 0 aliphatic heterocycles. The van der Waals surface area contributed by atoms with Gasteiger partial charge in [-0.3, -0.25) is 4.79 Å². The maximum atomic E-state index is 12.2. The zero-order valence-corrected chi connectivity index (χ0v) is 11.8. The minimum absolute atomic E-state index is 0.243. The van der Waals surface area contributed by atoms with Gasteiger partial charge in [-0.05, 0) is 36.4 Å². The number of carbonyl (C=O) groups is 1. The molecule has 2 aromatic rings. The van der Waals surface area contributed by atoms with Crippen molar-refractivity contribution in [3.05, 3.63) is 48.2 Å². The average molecular weight is 271 g/mol. The summed E-state index contributed by atoms with van der Waals surface area (Å²) in [6.45, 7) is 0. The Morgan fingerprint density at radius 3 is 2.50 bits per heavy atom. The summed E-state index contributed by atoms with van der Waals surface area (Å²) in [5.74, 6) is 0.0717. The Balaban J connectivity index is 2.15. The van der Waals surface area contributed by atoms with E-state index in [9.17, 15) is 4.79 Å². The molecular formula is C15H17N3O2. The lowest BCUT2D eigenvalue weighted by Gasteiger charge is -2.13. The van der Waals surface area contributed by atoms with Crippen molar-refractivity contribution in [2.45, 2.75) is 0 Å². The molecule has 0 aliphatic carbocycles. The van der Waals surface area contributed by atoms with Gasteiger partial charge in [-0.2, -0.15) is 0 Å². The molecule has 5 heteroatoms. The number of rotatable bonds is 4. The van der Waals surface area contributed by atoms with Crippen LogP contribution in [-0.4, -0.2) is 32.1 Å². The van der Waals surface area contributed by atoms with Gasteiger partial charge in [-0.25, -0.2) is 4.98 Å². The van der Waals surface area contributed by atoms with Crippen molar-refractivity contribution in [3.63, 3.8) is 0 Å². The number of benzene rings is 1. The van der Waals surface area contributed by atoms with Gasteiger partial charge in [0.05, 0.1) is 7.11 Å². The summed E-state index contributed by atoms with van der Waals surface area (Å²) in [6.07, 6.45) is 1.58. The number of aromatic nitrogens is 1. The molecule has 0 fully saturated rings. The van der Waals surface area contributed by atoms with E-state index in [-0.39, 0.29) is 5.91 Å². The molecule has 0 radical (unpaired) electrons. The van der Waals surface area contributed by atoms with E-state index >= 15 is 0 Å². The van der Waals surface area contributed by atoms with Crippen molar-refractivity contribution < 1.29 is 9.53 Å². The quantitative estimate of drug-likeness (QED) is 0.927. The highest BCUT2D eigenvalue weighted by atomic mass is 16.5. The molecular weight excluding hydrogens is 254 g/mol. The third-order valence-corrected chi connectivity index (χ3v) is 2.85. The van der Waals surface area contributed by atoms with Crippen LogP contribution in [0.15, 0.2) is 42.6 Å². The molecule has 1 aromatic carbocycles. The molecule has 0 spiro atoms. The lowest BCUT2D eigenvalue weighted by Crippen LogP contribution is -2.14. The summed E-state index contributed by atoms with van der Waals surface area (Å²) in [5, 5.41) is 2.82. The molecule has 20 heavy (non-hydrogen) atoms. The minimum Gasteiger partial charge on any atom is -0.480 e. The van der Waals surface area contributed by atoms with Crippen LogP contribution in [0.25, 0.3) is 0 Å². The number of nitrogens with zero attached hydrogens (tertiary/aromatic N) is 2. The molecule has 2 rings (SSSR count). The number of carbonyl (C=O) groups excluding carboxylic acids is 1. The Hall–Kier alpha value is -2.56. The van der Waals surface area contributed by atoms with E-state index in [0.29, 0.717) is 11.4 Å². The highest BCUT2D eigenvalue weighted by molar-refractivity contribution is 6.05. The van der Waals surface area contributed by atoms with Crippen molar-refractivity contribution in [3.8, 4) is 5.88 Å². The summed E-state index contributed by atoms with van der Waals surface area (Å²) in [7, 11) is 5.42. The first-order chi connectivity index (χ1) is 9.61. The Kier molecular flexibility index (Phi) is 4.20. The SMILES string of the molecule is COc1ncccc1C(=O)Nc1ccc(N(C)C)cc1. The molecule has 104 valence electrons. The van der Waals surface area contributed by atoms with Crippen LogP contribution in [0.5, 0.6) is 5.88 Å². The third-order valence-electron chi connectivity index (χ3n) is 2.85. The molecule has 0 saturated carbocycles. The maximum Gasteiger partial charge on any atom is 0.261 e. The first-order valence-corrected chi connectivity index (χ1v) is 6.19. The molecule has 1 N–H and O–H groups in total. The number of amides is 1. The number of anilines is 2. The second-order valence-electron chi connectivity index (χ2n) is 4.46. The fraction of sp³-hybridized carbons (Fsp3) is 0.200. The van der Waals surface area contributed by atoms with E-state index in [0.717, 1.165) is 11.4 Å². The first-order valence-electron chi connectivity index (χ1n) is 6.19. The average Bonchev–Trinajstić information content (AvgIpc) is 2.47. The van der Waals surface area contributed by atoms with E-state index in [1.165, 1.54) is 7.11 Å². The molecule has 0 unspecified atom stereocenters. The van der Waals surface area contributed by atoms with Gasteiger partial charge in [-0.15, -0.1) is 0 Å². The van der Waals surface area contributed by atoms with Gasteiger partial charge in [0, 0.05) is 31.7 Å². The van der Waals surface area contributed by atoms with Gasteiger partial charge in [-0.1, -0.05) is 0 Å². The van der Waals surface area contributed by atoms with Crippen molar-refractivity contribution in [1.82, 2.24) is 4.98 Å². The van der Waals surface area contributed by atoms with Crippen LogP contribution >= 0.6 is 0 Å². The van der Waals surface area contributed by atoms with Gasteiger partial charge < -0.3 is 15.0 Å². The Labute approximate surface area is 118 Å². The van der Waals surface area contributed by atoms with Gasteiger partial charge in [0.1, 0.15) is 5.56 Å². The van der Waals surface area contributed by atoms with E-state index in [1.807, 2.05) is 43.3 Å². The zero-order chi connectivity index (χ0) is 14.5. The summed E-state index contributed by atoms with van der Waals surface area (Å²) >= 11 is 0. The number of nitrogens with one attached hydrogen (secondary N) is 1. The molecule has 0 atom stereocenters. The van der Waals surface area contributed by atoms with Crippen molar-refractivity contribution >= 4 is 17.3 Å². The molecule has 0 saturated heterocycles. The number of ether oxygens (including phenoxy) is 1. The number of methoxy groups -OCH3 is 1. The van der Waals surface area contributed by atoms with Gasteiger partial charge in [0.15, 0.2) is 0 Å². The Morgan fingerprint density at radius 1 is 1.20 bits per heavy atom. The van der Waals surface area contributed by atoms with E-state index in [1.54, 1.807) is 18.3 Å². The summed E-state index contributed by atoms with van der Waals surface area (Å²) in [6, 6.07) is 11.0. The van der Waals surface area contributed by atoms with Gasteiger partial charge in [0.25, 0.3) is 5.91 Å². The Bertz CT molecular complexity index is 594. The monoisotopic (exact) mass is 271 g/mol. The van der Waals surface area contributed by atoms with Crippen molar-refractivity contribution in [2.24, 2.45) is 0 Å². The lowest BCUT2D eigenvalue weighted by atomic mass is 10.2. The Morgan fingerprint density at radius 2 is 1.90 bits per heavy atom. The number of pyridine rings is 1. The molecule has 1 heterocycles. The third kappa shape index (κ3) is 3.06. The number of hydrogen-bond acceptors (Lipinski definition) is 4. The smallest absolute Gasteiger partial charge is 0.261 e. The fourth-order valence-corrected chi connectivity index (χ4v) is 1.77. The maximum absolute atomic E-state index is 12.2. The molecule has 0 aliphatic rings. The first kappa shape index (κ1) is 13.9. The standard InChI is InChI=1S/C15H17N3O2/c1-18(2)12-8-6-11(7-9-12)17-14(19)13-5-4-10-16-15(13)20-3/h4-10H,1-3H3,(H,17,19). The second kappa shape index (κ2) is 6.06. The normalized spacial score (nSPS) is 9.95. The zero-order valence-electron chi connectivity index (χ0n) is 11.8. The van der Waals surface area contributed by atoms with Crippen LogP contribution in [0.2, 0.25) is 0 Å². The fourth-order valence-electron chi connectivity index (χ4n) is 1.77. The van der Waals surface area contributed by atoms with Gasteiger partial charge >= 0.3 is 0 Å². The molecule has 5 nitrogen and oxygen atoms in total. The van der Waals surface area contributed by atoms with Crippen molar-refractivity contribution in [2.75, 3.05) is 31.4 Å². The topological polar surface area (TPSA) is 54.5 Å². The number of hydrogen-bond donors (Lipinski definition) is 1. The van der Waals surface area contributed by atoms with Crippen LogP contribution in [-0.2, 0) is 0 Å². The summed E-state index contributed by atoms with van der Waals surface area (Å²) < 4.78 is 5.08. The predicted octanol–water partition coefficient (Wildman–Crippen LogP) is 2.41. The van der Waals surface area contributed by atoms with Crippen molar-refractivity contribution in [1.29, 1.82) is 0 Å². The van der Waals surface area contributed by atoms with Crippen LogP contribution in [0.4, 0.5) is 11.4 Å². The molecule has 0 bridgehead atoms. The summed E-state index contributed by atoms with van der Waals surface area (Å²) in [4.78, 5) is 18.2. The summed E-state index contributed by atoms with van der Waals surface area (Å²) in [5.41, 5.74) is 2.21. The van der Waals surface area contributed by atoms with Crippen LogP contribution in [0.1, 0.15) is 10.4 Å². The highest BCUT2D eigenvalue weighted by Gasteiger charge is 2.12. The van der Waals surface area contributed by atoms with E-state index in [2.05, 4.69) is 10.3 Å². The largest absolute Gasteiger partial charge is 0.480 e. The van der Waals surface area contributed by atoms with E-state index in [4.69, 9.17) is 4.74 Å². The van der Waals surface area contributed by atoms with Crippen LogP contribution < -0.4 is 15.0 Å². The van der Waals surface area contributed by atoms with E-state index < -0.39 is 0 Å². The predicted molar refractivity (Wildman–Crippen MR) is 79.5 cm³/mol.